The largest absolute Gasteiger partial charge is 0.443 e. The minimum absolute atomic E-state index is 0.140. The van der Waals surface area contributed by atoms with E-state index in [2.05, 4.69) is 26.8 Å². The topological polar surface area (TPSA) is 93.3 Å². The van der Waals surface area contributed by atoms with E-state index in [1.54, 1.807) is 18.2 Å². The van der Waals surface area contributed by atoms with Crippen molar-refractivity contribution in [3.8, 4) is 17.7 Å². The number of ether oxygens (including phenoxy) is 2. The number of aromatic nitrogens is 3. The first-order valence-corrected chi connectivity index (χ1v) is 12.0. The van der Waals surface area contributed by atoms with Crippen molar-refractivity contribution in [3.05, 3.63) is 47.9 Å². The number of carbonyl (C=O) groups excluding carboxylic acids is 1. The van der Waals surface area contributed by atoms with Crippen LogP contribution in [0.25, 0.3) is 11.0 Å². The molecule has 2 unspecified atom stereocenters. The molecule has 2 aromatic heterocycles. The summed E-state index contributed by atoms with van der Waals surface area (Å²) in [6.07, 6.45) is 9.20. The number of carbonyl (C=O) groups is 1. The van der Waals surface area contributed by atoms with Crippen LogP contribution in [0.4, 0.5) is 4.79 Å². The summed E-state index contributed by atoms with van der Waals surface area (Å²) in [5.74, 6) is 1.17. The Morgan fingerprint density at radius 2 is 1.91 bits per heavy atom. The Bertz CT molecular complexity index is 1310. The molecule has 0 radical (unpaired) electrons. The molecule has 8 nitrogen and oxygen atoms in total. The Morgan fingerprint density at radius 3 is 2.59 bits per heavy atom. The minimum Gasteiger partial charge on any atom is -0.443 e. The van der Waals surface area contributed by atoms with Gasteiger partial charge < -0.3 is 18.9 Å². The number of amides is 1. The third kappa shape index (κ3) is 3.56. The van der Waals surface area contributed by atoms with E-state index < -0.39 is 0 Å². The molecule has 1 saturated carbocycles. The molecule has 2 saturated heterocycles. The van der Waals surface area contributed by atoms with Crippen molar-refractivity contribution in [1.29, 1.82) is 5.26 Å². The highest BCUT2D eigenvalue weighted by Crippen LogP contribution is 2.45. The molecule has 4 heterocycles. The van der Waals surface area contributed by atoms with Crippen molar-refractivity contribution < 1.29 is 14.3 Å². The van der Waals surface area contributed by atoms with E-state index in [1.807, 2.05) is 24.8 Å². The van der Waals surface area contributed by atoms with Gasteiger partial charge in [-0.1, -0.05) is 0 Å². The number of hydrogen-bond donors (Lipinski definition) is 0. The van der Waals surface area contributed by atoms with Gasteiger partial charge in [-0.3, -0.25) is 0 Å². The number of rotatable bonds is 4. The van der Waals surface area contributed by atoms with Crippen molar-refractivity contribution in [2.75, 3.05) is 0 Å². The Labute approximate surface area is 198 Å². The molecule has 34 heavy (non-hydrogen) atoms. The van der Waals surface area contributed by atoms with Crippen LogP contribution in [-0.2, 0) is 4.74 Å². The molecular formula is C26H27N5O3. The second kappa shape index (κ2) is 7.73. The van der Waals surface area contributed by atoms with Crippen LogP contribution in [0.3, 0.4) is 0 Å². The van der Waals surface area contributed by atoms with Crippen LogP contribution in [0.5, 0.6) is 11.6 Å². The van der Waals surface area contributed by atoms with Crippen LogP contribution in [0.1, 0.15) is 62.6 Å². The molecule has 2 bridgehead atoms. The molecule has 1 amide bonds. The van der Waals surface area contributed by atoms with Crippen molar-refractivity contribution in [2.45, 2.75) is 76.1 Å². The fraction of sp³-hybridized carbons (Fsp3) is 0.462. The Hall–Kier alpha value is -3.60. The van der Waals surface area contributed by atoms with Crippen LogP contribution in [-0.4, -0.2) is 43.2 Å². The number of piperidine rings is 1. The maximum atomic E-state index is 12.8. The van der Waals surface area contributed by atoms with Crippen LogP contribution in [0.2, 0.25) is 0 Å². The number of hydrogen-bond acceptors (Lipinski definition) is 6. The number of benzene rings is 1. The zero-order valence-electron chi connectivity index (χ0n) is 19.4. The van der Waals surface area contributed by atoms with Gasteiger partial charge in [0.2, 0.25) is 5.88 Å². The molecule has 2 atom stereocenters. The van der Waals surface area contributed by atoms with E-state index >= 15 is 0 Å². The fourth-order valence-electron chi connectivity index (χ4n) is 5.48. The summed E-state index contributed by atoms with van der Waals surface area (Å²) in [5, 5.41) is 9.96. The first-order chi connectivity index (χ1) is 16.4. The van der Waals surface area contributed by atoms with Gasteiger partial charge in [-0.25, -0.2) is 14.8 Å². The average Bonchev–Trinajstić information content (AvgIpc) is 3.27. The number of aryl methyl sites for hydroxylation is 1. The summed E-state index contributed by atoms with van der Waals surface area (Å²) in [5.41, 5.74) is 2.06. The van der Waals surface area contributed by atoms with Crippen LogP contribution in [0, 0.1) is 18.3 Å². The normalized spacial score (nSPS) is 24.6. The highest BCUT2D eigenvalue weighted by molar-refractivity contribution is 5.81. The van der Waals surface area contributed by atoms with Gasteiger partial charge in [-0.2, -0.15) is 5.26 Å². The molecule has 3 aliphatic rings. The lowest BCUT2D eigenvalue weighted by Crippen LogP contribution is -2.48. The van der Waals surface area contributed by atoms with E-state index in [4.69, 9.17) is 14.7 Å². The molecule has 0 spiro atoms. The molecule has 0 N–H and O–H groups in total. The average molecular weight is 458 g/mol. The maximum absolute atomic E-state index is 12.8. The van der Waals surface area contributed by atoms with Crippen molar-refractivity contribution in [1.82, 2.24) is 19.4 Å². The lowest BCUT2D eigenvalue weighted by Gasteiger charge is -2.39. The number of fused-ring (bicyclic) bond motifs is 3. The monoisotopic (exact) mass is 457 g/mol. The summed E-state index contributed by atoms with van der Waals surface area (Å²) >= 11 is 0. The molecule has 3 aromatic rings. The zero-order chi connectivity index (χ0) is 23.4. The molecular weight excluding hydrogens is 430 g/mol. The van der Waals surface area contributed by atoms with Crippen molar-refractivity contribution in [3.63, 3.8) is 0 Å². The minimum atomic E-state index is -0.245. The fourth-order valence-corrected chi connectivity index (χ4v) is 5.48. The predicted octanol–water partition coefficient (Wildman–Crippen LogP) is 5.26. The molecule has 174 valence electrons. The summed E-state index contributed by atoms with van der Waals surface area (Å²) in [6.45, 7) is 3.93. The standard InChI is InChI=1S/C26H27N5O3/c1-16-11-17(14-27)3-6-22(16)33-24-21-7-10-30(23(21)28-15-29-24)20-12-18-4-5-19(13-20)31(18)25(32)34-26(2)8-9-26/h3,6-7,10-11,15,18-20H,4-5,8-9,12-13H2,1-2H3. The highest BCUT2D eigenvalue weighted by Gasteiger charge is 2.48. The van der Waals surface area contributed by atoms with E-state index in [0.717, 1.165) is 55.1 Å². The zero-order valence-corrected chi connectivity index (χ0v) is 19.4. The molecule has 8 heteroatoms. The van der Waals surface area contributed by atoms with Gasteiger partial charge in [-0.05, 0) is 82.2 Å². The number of nitrogens with zero attached hydrogens (tertiary/aromatic N) is 5. The molecule has 1 aliphatic carbocycles. The molecule has 1 aromatic carbocycles. The lowest BCUT2D eigenvalue weighted by atomic mass is 9.97. The number of nitriles is 1. The summed E-state index contributed by atoms with van der Waals surface area (Å²) in [4.78, 5) is 23.8. The van der Waals surface area contributed by atoms with Gasteiger partial charge in [0.05, 0.1) is 17.0 Å². The first-order valence-electron chi connectivity index (χ1n) is 12.0. The summed E-state index contributed by atoms with van der Waals surface area (Å²) < 4.78 is 14.1. The lowest BCUT2D eigenvalue weighted by molar-refractivity contribution is 0.0285. The third-order valence-electron chi connectivity index (χ3n) is 7.58. The second-order valence-electron chi connectivity index (χ2n) is 10.1. The Kier molecular flexibility index (Phi) is 4.76. The second-order valence-corrected chi connectivity index (χ2v) is 10.1. The van der Waals surface area contributed by atoms with Crippen LogP contribution in [0.15, 0.2) is 36.8 Å². The predicted molar refractivity (Wildman–Crippen MR) is 125 cm³/mol. The van der Waals surface area contributed by atoms with Gasteiger partial charge in [0.25, 0.3) is 0 Å². The summed E-state index contributed by atoms with van der Waals surface area (Å²) in [6, 6.07) is 10.2. The van der Waals surface area contributed by atoms with Crippen molar-refractivity contribution in [2.24, 2.45) is 0 Å². The quantitative estimate of drug-likeness (QED) is 0.530. The van der Waals surface area contributed by atoms with Gasteiger partial charge >= 0.3 is 6.09 Å². The SMILES string of the molecule is Cc1cc(C#N)ccc1Oc1ncnc2c1ccn2C1CC2CCC(C1)N2C(=O)OC1(C)CC1. The first kappa shape index (κ1) is 21.0. The van der Waals surface area contributed by atoms with Gasteiger partial charge in [0.1, 0.15) is 23.3 Å². The van der Waals surface area contributed by atoms with E-state index in [-0.39, 0.29) is 29.8 Å². The third-order valence-corrected chi connectivity index (χ3v) is 7.58. The van der Waals surface area contributed by atoms with Crippen molar-refractivity contribution >= 4 is 17.1 Å². The van der Waals surface area contributed by atoms with Crippen LogP contribution < -0.4 is 4.74 Å². The van der Waals surface area contributed by atoms with Crippen LogP contribution >= 0.6 is 0 Å². The Balaban J connectivity index is 1.24. The van der Waals surface area contributed by atoms with E-state index in [0.29, 0.717) is 17.2 Å². The maximum Gasteiger partial charge on any atom is 0.410 e. The molecule has 3 fully saturated rings. The summed E-state index contributed by atoms with van der Waals surface area (Å²) in [7, 11) is 0. The van der Waals surface area contributed by atoms with Gasteiger partial charge in [0.15, 0.2) is 0 Å². The van der Waals surface area contributed by atoms with Gasteiger partial charge in [-0.15, -0.1) is 0 Å². The van der Waals surface area contributed by atoms with E-state index in [9.17, 15) is 4.79 Å². The van der Waals surface area contributed by atoms with E-state index in [1.165, 1.54) is 6.33 Å². The van der Waals surface area contributed by atoms with Gasteiger partial charge in [0, 0.05) is 24.3 Å². The molecule has 6 rings (SSSR count). The molecule has 2 aliphatic heterocycles. The highest BCUT2D eigenvalue weighted by atomic mass is 16.6. The Morgan fingerprint density at radius 1 is 1.15 bits per heavy atom. The smallest absolute Gasteiger partial charge is 0.410 e.